The first-order valence-electron chi connectivity index (χ1n) is 8.75. The minimum Gasteiger partial charge on any atom is -0.478 e. The fourth-order valence-corrected chi connectivity index (χ4v) is 3.42. The van der Waals surface area contributed by atoms with Crippen molar-refractivity contribution in [1.82, 2.24) is 9.47 Å². The molecule has 1 amide bonds. The molecule has 2 heterocycles. The second-order valence-electron chi connectivity index (χ2n) is 6.33. The molecule has 1 aromatic heterocycles. The van der Waals surface area contributed by atoms with Crippen LogP contribution in [0.2, 0.25) is 0 Å². The number of esters is 1. The first-order valence-corrected chi connectivity index (χ1v) is 8.75. The second kappa shape index (κ2) is 8.18. The highest BCUT2D eigenvalue weighted by molar-refractivity contribution is 5.93. The van der Waals surface area contributed by atoms with Crippen LogP contribution in [0.4, 0.5) is 0 Å². The van der Waals surface area contributed by atoms with Crippen molar-refractivity contribution < 1.29 is 24.2 Å². The molecule has 2 rings (SSSR count). The van der Waals surface area contributed by atoms with Crippen molar-refractivity contribution >= 4 is 17.8 Å². The van der Waals surface area contributed by atoms with E-state index in [1.54, 1.807) is 24.9 Å². The first kappa shape index (κ1) is 19.0. The van der Waals surface area contributed by atoms with Crippen LogP contribution in [0.25, 0.3) is 0 Å². The second-order valence-corrected chi connectivity index (χ2v) is 6.33. The normalized spacial score (nSPS) is 17.4. The number of nitrogens with zero attached hydrogens (tertiary/aromatic N) is 2. The first-order chi connectivity index (χ1) is 11.9. The molecule has 1 fully saturated rings. The van der Waals surface area contributed by atoms with Crippen LogP contribution in [-0.2, 0) is 27.3 Å². The Morgan fingerprint density at radius 2 is 2.04 bits per heavy atom. The lowest BCUT2D eigenvalue weighted by Crippen LogP contribution is -2.43. The lowest BCUT2D eigenvalue weighted by atomic mass is 9.97. The third kappa shape index (κ3) is 4.21. The summed E-state index contributed by atoms with van der Waals surface area (Å²) in [5.74, 6) is -1.73. The van der Waals surface area contributed by atoms with Crippen LogP contribution >= 0.6 is 0 Å². The Labute approximate surface area is 147 Å². The van der Waals surface area contributed by atoms with E-state index in [0.717, 1.165) is 6.42 Å². The molecule has 7 nitrogen and oxygen atoms in total. The fraction of sp³-hybridized carbons (Fsp3) is 0.611. The Kier molecular flexibility index (Phi) is 6.22. The van der Waals surface area contributed by atoms with Crippen molar-refractivity contribution in [2.24, 2.45) is 5.92 Å². The van der Waals surface area contributed by atoms with Crippen molar-refractivity contribution in [2.75, 3.05) is 19.7 Å². The molecule has 0 aromatic carbocycles. The molecule has 1 saturated heterocycles. The van der Waals surface area contributed by atoms with E-state index in [4.69, 9.17) is 4.74 Å². The van der Waals surface area contributed by atoms with Gasteiger partial charge in [-0.2, -0.15) is 0 Å². The number of aromatic nitrogens is 1. The summed E-state index contributed by atoms with van der Waals surface area (Å²) in [6.07, 6.45) is 3.25. The molecule has 1 aliphatic rings. The molecule has 1 N–H and O–H groups in total. The monoisotopic (exact) mass is 350 g/mol. The number of amides is 1. The average Bonchev–Trinajstić information content (AvgIpc) is 2.90. The van der Waals surface area contributed by atoms with E-state index >= 15 is 0 Å². The van der Waals surface area contributed by atoms with Crippen LogP contribution < -0.4 is 0 Å². The zero-order valence-corrected chi connectivity index (χ0v) is 15.1. The molecule has 0 radical (unpaired) electrons. The van der Waals surface area contributed by atoms with E-state index in [1.165, 1.54) is 0 Å². The highest BCUT2D eigenvalue weighted by Gasteiger charge is 2.30. The smallest absolute Gasteiger partial charge is 0.337 e. The van der Waals surface area contributed by atoms with Gasteiger partial charge in [0, 0.05) is 31.5 Å². The zero-order chi connectivity index (χ0) is 18.6. The Morgan fingerprint density at radius 3 is 2.64 bits per heavy atom. The maximum atomic E-state index is 12.7. The van der Waals surface area contributed by atoms with Crippen molar-refractivity contribution in [3.05, 3.63) is 23.0 Å². The van der Waals surface area contributed by atoms with Crippen molar-refractivity contribution in [3.8, 4) is 0 Å². The lowest BCUT2D eigenvalue weighted by molar-refractivity contribution is -0.151. The number of hydrogen-bond donors (Lipinski definition) is 1. The number of aromatic carboxylic acids is 1. The summed E-state index contributed by atoms with van der Waals surface area (Å²) < 4.78 is 6.87. The largest absolute Gasteiger partial charge is 0.478 e. The van der Waals surface area contributed by atoms with Gasteiger partial charge in [-0.1, -0.05) is 0 Å². The SMILES string of the molecule is CCOC(=O)[C@H]1CCCN(C(=O)Cc2c(C(=O)O)c(C)cn2CC)C1. The van der Waals surface area contributed by atoms with Crippen LogP contribution in [0.3, 0.4) is 0 Å². The summed E-state index contributed by atoms with van der Waals surface area (Å²) in [6, 6.07) is 0. The van der Waals surface area contributed by atoms with Crippen LogP contribution in [0.1, 0.15) is 48.3 Å². The molecule has 1 atom stereocenters. The van der Waals surface area contributed by atoms with Gasteiger partial charge in [0.1, 0.15) is 0 Å². The Morgan fingerprint density at radius 1 is 1.32 bits per heavy atom. The van der Waals surface area contributed by atoms with Gasteiger partial charge in [0.15, 0.2) is 0 Å². The molecule has 0 saturated carbocycles. The number of likely N-dealkylation sites (tertiary alicyclic amines) is 1. The van der Waals surface area contributed by atoms with Crippen molar-refractivity contribution in [1.29, 1.82) is 0 Å². The number of rotatable bonds is 6. The van der Waals surface area contributed by atoms with Crippen LogP contribution in [0.15, 0.2) is 6.20 Å². The van der Waals surface area contributed by atoms with Gasteiger partial charge >= 0.3 is 11.9 Å². The zero-order valence-electron chi connectivity index (χ0n) is 15.1. The van der Waals surface area contributed by atoms with Gasteiger partial charge in [-0.05, 0) is 39.2 Å². The Hall–Kier alpha value is -2.31. The van der Waals surface area contributed by atoms with Gasteiger partial charge in [0.2, 0.25) is 5.91 Å². The third-order valence-corrected chi connectivity index (χ3v) is 4.65. The highest BCUT2D eigenvalue weighted by atomic mass is 16.5. The van der Waals surface area contributed by atoms with E-state index in [0.29, 0.717) is 43.9 Å². The average molecular weight is 350 g/mol. The Bertz CT molecular complexity index is 665. The number of hydrogen-bond acceptors (Lipinski definition) is 4. The van der Waals surface area contributed by atoms with Crippen molar-refractivity contribution in [2.45, 2.75) is 46.6 Å². The maximum Gasteiger partial charge on any atom is 0.337 e. The number of ether oxygens (including phenoxy) is 1. The minimum absolute atomic E-state index is 0.0266. The Balaban J connectivity index is 2.14. The minimum atomic E-state index is -1.02. The molecule has 1 aromatic rings. The quantitative estimate of drug-likeness (QED) is 0.791. The molecular formula is C18H26N2O5. The summed E-state index contributed by atoms with van der Waals surface area (Å²) in [5.41, 5.74) is 1.38. The van der Waals surface area contributed by atoms with E-state index in [2.05, 4.69) is 0 Å². The van der Waals surface area contributed by atoms with E-state index in [-0.39, 0.29) is 29.8 Å². The van der Waals surface area contributed by atoms with Crippen LogP contribution in [-0.4, -0.2) is 52.1 Å². The lowest BCUT2D eigenvalue weighted by Gasteiger charge is -2.31. The number of piperidine rings is 1. The molecule has 0 spiro atoms. The molecule has 0 bridgehead atoms. The number of carbonyl (C=O) groups is 3. The number of carboxylic acid groups (broad SMARTS) is 1. The van der Waals surface area contributed by atoms with E-state index in [9.17, 15) is 19.5 Å². The summed E-state index contributed by atoms with van der Waals surface area (Å²) in [7, 11) is 0. The van der Waals surface area contributed by atoms with Gasteiger partial charge < -0.3 is 19.3 Å². The number of carboxylic acids is 1. The molecule has 7 heteroatoms. The van der Waals surface area contributed by atoms with Gasteiger partial charge in [0.05, 0.1) is 24.5 Å². The summed E-state index contributed by atoms with van der Waals surface area (Å²) in [5, 5.41) is 9.45. The van der Waals surface area contributed by atoms with E-state index in [1.807, 2.05) is 11.5 Å². The highest BCUT2D eigenvalue weighted by Crippen LogP contribution is 2.22. The number of carbonyl (C=O) groups excluding carboxylic acids is 2. The standard InChI is InChI=1S/C18H26N2O5/c1-4-19-10-12(3)16(17(22)23)14(19)9-15(21)20-8-6-7-13(11-20)18(24)25-5-2/h10,13H,4-9,11H2,1-3H3,(H,22,23)/t13-/m0/s1. The number of aryl methyl sites for hydroxylation is 2. The molecule has 25 heavy (non-hydrogen) atoms. The molecular weight excluding hydrogens is 324 g/mol. The third-order valence-electron chi connectivity index (χ3n) is 4.65. The van der Waals surface area contributed by atoms with Gasteiger partial charge in [-0.25, -0.2) is 4.79 Å². The van der Waals surface area contributed by atoms with Crippen LogP contribution in [0, 0.1) is 12.8 Å². The summed E-state index contributed by atoms with van der Waals surface area (Å²) in [4.78, 5) is 37.8. The fourth-order valence-electron chi connectivity index (χ4n) is 3.42. The summed E-state index contributed by atoms with van der Waals surface area (Å²) in [6.45, 7) is 7.27. The maximum absolute atomic E-state index is 12.7. The topological polar surface area (TPSA) is 88.8 Å². The molecule has 138 valence electrons. The molecule has 0 aliphatic carbocycles. The molecule has 1 aliphatic heterocycles. The predicted octanol–water partition coefficient (Wildman–Crippen LogP) is 1.86. The van der Waals surface area contributed by atoms with E-state index < -0.39 is 5.97 Å². The van der Waals surface area contributed by atoms with Crippen molar-refractivity contribution in [3.63, 3.8) is 0 Å². The van der Waals surface area contributed by atoms with Gasteiger partial charge in [-0.3, -0.25) is 9.59 Å². The summed E-state index contributed by atoms with van der Waals surface area (Å²) >= 11 is 0. The van der Waals surface area contributed by atoms with Gasteiger partial charge in [0.25, 0.3) is 0 Å². The van der Waals surface area contributed by atoms with Crippen LogP contribution in [0.5, 0.6) is 0 Å². The molecule has 0 unspecified atom stereocenters. The predicted molar refractivity (Wildman–Crippen MR) is 91.4 cm³/mol. The van der Waals surface area contributed by atoms with Gasteiger partial charge in [-0.15, -0.1) is 0 Å².